The number of nitrogens with two attached hydrogens (primary N) is 1. The molecule has 1 saturated heterocycles. The van der Waals surface area contributed by atoms with Gasteiger partial charge in [0.15, 0.2) is 11.5 Å². The van der Waals surface area contributed by atoms with Gasteiger partial charge in [0, 0.05) is 19.0 Å². The first-order valence-corrected chi connectivity index (χ1v) is 8.51. The minimum atomic E-state index is -0.893. The van der Waals surface area contributed by atoms with Gasteiger partial charge in [-0.05, 0) is 49.8 Å². The second-order valence-electron chi connectivity index (χ2n) is 6.54. The van der Waals surface area contributed by atoms with Crippen molar-refractivity contribution in [3.63, 3.8) is 0 Å². The first kappa shape index (κ1) is 16.6. The van der Waals surface area contributed by atoms with Gasteiger partial charge in [0.1, 0.15) is 0 Å². The number of carbonyl (C=O) groups excluding carboxylic acids is 2. The van der Waals surface area contributed by atoms with Crippen molar-refractivity contribution in [2.45, 2.75) is 44.1 Å². The number of likely N-dealkylation sites (tertiary alicyclic amines) is 1. The summed E-state index contributed by atoms with van der Waals surface area (Å²) in [7, 11) is 1.64. The highest BCUT2D eigenvalue weighted by Crippen LogP contribution is 2.36. The zero-order valence-corrected chi connectivity index (χ0v) is 14.0. The zero-order valence-electron chi connectivity index (χ0n) is 14.0. The van der Waals surface area contributed by atoms with Crippen molar-refractivity contribution in [3.8, 4) is 11.5 Å². The van der Waals surface area contributed by atoms with Crippen LogP contribution >= 0.6 is 0 Å². The first-order valence-electron chi connectivity index (χ1n) is 8.51. The maximum absolute atomic E-state index is 11.7. The topological polar surface area (TPSA) is 81.9 Å². The van der Waals surface area contributed by atoms with E-state index in [-0.39, 0.29) is 12.0 Å². The van der Waals surface area contributed by atoms with Gasteiger partial charge in [0.25, 0.3) is 0 Å². The summed E-state index contributed by atoms with van der Waals surface area (Å²) in [4.78, 5) is 24.3. The largest absolute Gasteiger partial charge is 0.493 e. The highest BCUT2D eigenvalue weighted by atomic mass is 16.5. The van der Waals surface area contributed by atoms with Crippen molar-refractivity contribution in [1.82, 2.24) is 4.90 Å². The molecular weight excluding hydrogens is 308 g/mol. The molecule has 0 radical (unpaired) electrons. The summed E-state index contributed by atoms with van der Waals surface area (Å²) in [5.41, 5.74) is 6.19. The minimum absolute atomic E-state index is 0.185. The molecule has 130 valence electrons. The summed E-state index contributed by atoms with van der Waals surface area (Å²) in [6.07, 6.45) is 5.65. The number of hydrogen-bond acceptors (Lipinski definition) is 4. The van der Waals surface area contributed by atoms with Crippen molar-refractivity contribution >= 4 is 11.8 Å². The van der Waals surface area contributed by atoms with E-state index in [0.29, 0.717) is 13.1 Å². The van der Waals surface area contributed by atoms with Crippen molar-refractivity contribution in [2.24, 2.45) is 5.73 Å². The summed E-state index contributed by atoms with van der Waals surface area (Å²) in [5, 5.41) is 0. The molecule has 3 rings (SSSR count). The Morgan fingerprint density at radius 2 is 1.92 bits per heavy atom. The molecule has 1 aliphatic carbocycles. The molecule has 1 saturated carbocycles. The predicted octanol–water partition coefficient (Wildman–Crippen LogP) is 1.82. The van der Waals surface area contributed by atoms with Crippen molar-refractivity contribution in [1.29, 1.82) is 0 Å². The summed E-state index contributed by atoms with van der Waals surface area (Å²) in [6, 6.07) is 5.93. The molecule has 0 aromatic heterocycles. The Morgan fingerprint density at radius 1 is 1.17 bits per heavy atom. The van der Waals surface area contributed by atoms with Crippen molar-refractivity contribution < 1.29 is 19.1 Å². The molecule has 1 aromatic carbocycles. The Labute approximate surface area is 141 Å². The molecule has 1 atom stereocenters. The van der Waals surface area contributed by atoms with Gasteiger partial charge in [0.05, 0.1) is 13.2 Å². The van der Waals surface area contributed by atoms with Crippen LogP contribution in [0.1, 0.15) is 43.6 Å². The zero-order chi connectivity index (χ0) is 17.1. The molecule has 2 fully saturated rings. The van der Waals surface area contributed by atoms with Crippen LogP contribution < -0.4 is 15.2 Å². The van der Waals surface area contributed by atoms with Crippen LogP contribution in [0.15, 0.2) is 18.2 Å². The SMILES string of the molecule is COc1ccc(C2CCN(C(=O)C(N)=O)C2)cc1OC1CCCC1. The number of nitrogens with zero attached hydrogens (tertiary/aromatic N) is 1. The van der Waals surface area contributed by atoms with E-state index in [2.05, 4.69) is 0 Å². The van der Waals surface area contributed by atoms with Crippen molar-refractivity contribution in [3.05, 3.63) is 23.8 Å². The smallest absolute Gasteiger partial charge is 0.311 e. The van der Waals surface area contributed by atoms with E-state index in [0.717, 1.165) is 36.3 Å². The van der Waals surface area contributed by atoms with E-state index in [1.807, 2.05) is 18.2 Å². The number of amides is 2. The highest BCUT2D eigenvalue weighted by Gasteiger charge is 2.30. The Hall–Kier alpha value is -2.24. The normalized spacial score (nSPS) is 21.0. The molecule has 2 aliphatic rings. The minimum Gasteiger partial charge on any atom is -0.493 e. The quantitative estimate of drug-likeness (QED) is 0.853. The predicted molar refractivity (Wildman–Crippen MR) is 89.0 cm³/mol. The lowest BCUT2D eigenvalue weighted by Gasteiger charge is -2.19. The second-order valence-corrected chi connectivity index (χ2v) is 6.54. The van der Waals surface area contributed by atoms with E-state index < -0.39 is 11.8 Å². The standard InChI is InChI=1S/C18H24N2O4/c1-23-15-7-6-12(10-16(15)24-14-4-2-3-5-14)13-8-9-20(11-13)18(22)17(19)21/h6-7,10,13-14H,2-5,8-9,11H2,1H3,(H2,19,21). The molecular formula is C18H24N2O4. The third-order valence-corrected chi connectivity index (χ3v) is 4.94. The average molecular weight is 332 g/mol. The molecule has 2 N–H and O–H groups in total. The molecule has 6 nitrogen and oxygen atoms in total. The third kappa shape index (κ3) is 3.47. The molecule has 24 heavy (non-hydrogen) atoms. The molecule has 0 bridgehead atoms. The third-order valence-electron chi connectivity index (χ3n) is 4.94. The Bertz CT molecular complexity index is 625. The summed E-state index contributed by atoms with van der Waals surface area (Å²) < 4.78 is 11.5. The van der Waals surface area contributed by atoms with Gasteiger partial charge in [-0.2, -0.15) is 0 Å². The maximum atomic E-state index is 11.7. The number of rotatable bonds is 4. The van der Waals surface area contributed by atoms with Crippen LogP contribution in [0.2, 0.25) is 0 Å². The second kappa shape index (κ2) is 7.11. The number of methoxy groups -OCH3 is 1. The molecule has 0 spiro atoms. The lowest BCUT2D eigenvalue weighted by Crippen LogP contribution is -2.38. The van der Waals surface area contributed by atoms with Gasteiger partial charge < -0.3 is 20.1 Å². The fourth-order valence-corrected chi connectivity index (χ4v) is 3.60. The number of carbonyl (C=O) groups is 2. The fraction of sp³-hybridized carbons (Fsp3) is 0.556. The highest BCUT2D eigenvalue weighted by molar-refractivity contribution is 6.34. The number of ether oxygens (including phenoxy) is 2. The Morgan fingerprint density at radius 3 is 2.58 bits per heavy atom. The molecule has 1 unspecified atom stereocenters. The van der Waals surface area contributed by atoms with Gasteiger partial charge in [-0.25, -0.2) is 0 Å². The van der Waals surface area contributed by atoms with Crippen LogP contribution in [-0.2, 0) is 9.59 Å². The van der Waals surface area contributed by atoms with Crippen LogP contribution in [0.3, 0.4) is 0 Å². The fourth-order valence-electron chi connectivity index (χ4n) is 3.60. The summed E-state index contributed by atoms with van der Waals surface area (Å²) in [5.74, 6) is 0.185. The summed E-state index contributed by atoms with van der Waals surface area (Å²) in [6.45, 7) is 1.06. The van der Waals surface area contributed by atoms with Gasteiger partial charge in [-0.1, -0.05) is 6.07 Å². The van der Waals surface area contributed by atoms with E-state index in [9.17, 15) is 9.59 Å². The van der Waals surface area contributed by atoms with Crippen LogP contribution in [0.5, 0.6) is 11.5 Å². The molecule has 1 heterocycles. The van der Waals surface area contributed by atoms with E-state index in [1.165, 1.54) is 17.7 Å². The van der Waals surface area contributed by atoms with Crippen LogP contribution in [0.4, 0.5) is 0 Å². The lowest BCUT2D eigenvalue weighted by atomic mass is 9.98. The monoisotopic (exact) mass is 332 g/mol. The van der Waals surface area contributed by atoms with E-state index in [4.69, 9.17) is 15.2 Å². The molecule has 2 amide bonds. The van der Waals surface area contributed by atoms with Gasteiger partial charge in [0.2, 0.25) is 0 Å². The molecule has 6 heteroatoms. The van der Waals surface area contributed by atoms with Crippen LogP contribution in [0, 0.1) is 0 Å². The Kier molecular flexibility index (Phi) is 4.92. The maximum Gasteiger partial charge on any atom is 0.311 e. The first-order chi connectivity index (χ1) is 11.6. The lowest BCUT2D eigenvalue weighted by molar-refractivity contribution is -0.143. The number of benzene rings is 1. The van der Waals surface area contributed by atoms with E-state index >= 15 is 0 Å². The van der Waals surface area contributed by atoms with Gasteiger partial charge >= 0.3 is 11.8 Å². The Balaban J connectivity index is 1.74. The van der Waals surface area contributed by atoms with Gasteiger partial charge in [-0.15, -0.1) is 0 Å². The van der Waals surface area contributed by atoms with Crippen LogP contribution in [0.25, 0.3) is 0 Å². The van der Waals surface area contributed by atoms with E-state index in [1.54, 1.807) is 7.11 Å². The molecule has 1 aromatic rings. The van der Waals surface area contributed by atoms with Crippen molar-refractivity contribution in [2.75, 3.05) is 20.2 Å². The molecule has 1 aliphatic heterocycles. The van der Waals surface area contributed by atoms with Crippen LogP contribution in [-0.4, -0.2) is 43.0 Å². The average Bonchev–Trinajstić information content (AvgIpc) is 3.25. The number of hydrogen-bond donors (Lipinski definition) is 1. The number of primary amides is 1. The summed E-state index contributed by atoms with van der Waals surface area (Å²) >= 11 is 0. The van der Waals surface area contributed by atoms with Gasteiger partial charge in [-0.3, -0.25) is 9.59 Å².